The lowest BCUT2D eigenvalue weighted by molar-refractivity contribution is 0.587. The molecule has 2 heterocycles. The molecular formula is C22H21N5O2S. The van der Waals surface area contributed by atoms with Gasteiger partial charge in [0.2, 0.25) is 0 Å². The summed E-state index contributed by atoms with van der Waals surface area (Å²) in [5.74, 6) is 0.267. The van der Waals surface area contributed by atoms with Gasteiger partial charge >= 0.3 is 0 Å². The van der Waals surface area contributed by atoms with Crippen LogP contribution in [0.2, 0.25) is 0 Å². The lowest BCUT2D eigenvalue weighted by Gasteiger charge is -2.09. The Morgan fingerprint density at radius 1 is 0.933 bits per heavy atom. The Morgan fingerprint density at radius 3 is 2.30 bits per heavy atom. The molecule has 2 aromatic carbocycles. The fraction of sp³-hybridized carbons (Fsp3) is 0.136. The number of aromatic amines is 1. The third kappa shape index (κ3) is 3.69. The van der Waals surface area contributed by atoms with E-state index in [9.17, 15) is 8.42 Å². The Balaban J connectivity index is 1.69. The first-order valence-corrected chi connectivity index (χ1v) is 11.0. The average molecular weight is 420 g/mol. The van der Waals surface area contributed by atoms with Crippen molar-refractivity contribution in [3.05, 3.63) is 66.9 Å². The predicted molar refractivity (Wildman–Crippen MR) is 117 cm³/mol. The SMILES string of the molecule is CC(C)S(=O)(=O)c1ccc(-c2cnc(N)c(-c3cc(-c4ccccc4)[nH]n3)n2)cc1. The van der Waals surface area contributed by atoms with Crippen LogP contribution in [0.4, 0.5) is 5.82 Å². The van der Waals surface area contributed by atoms with Gasteiger partial charge in [-0.1, -0.05) is 42.5 Å². The Hall–Kier alpha value is -3.52. The van der Waals surface area contributed by atoms with Crippen molar-refractivity contribution in [2.75, 3.05) is 5.73 Å². The van der Waals surface area contributed by atoms with Gasteiger partial charge in [-0.3, -0.25) is 5.10 Å². The first kappa shape index (κ1) is 19.8. The maximum Gasteiger partial charge on any atom is 0.180 e. The van der Waals surface area contributed by atoms with Crippen molar-refractivity contribution in [2.24, 2.45) is 0 Å². The summed E-state index contributed by atoms with van der Waals surface area (Å²) in [6, 6.07) is 18.3. The number of nitrogens with zero attached hydrogens (tertiary/aromatic N) is 3. The Bertz CT molecular complexity index is 1280. The summed E-state index contributed by atoms with van der Waals surface area (Å²) >= 11 is 0. The zero-order valence-corrected chi connectivity index (χ0v) is 17.4. The molecule has 0 aliphatic rings. The molecule has 3 N–H and O–H groups in total. The molecule has 0 spiro atoms. The monoisotopic (exact) mass is 419 g/mol. The number of hydrogen-bond acceptors (Lipinski definition) is 6. The predicted octanol–water partition coefficient (Wildman–Crippen LogP) is 3.97. The zero-order chi connectivity index (χ0) is 21.3. The number of H-pyrrole nitrogens is 1. The van der Waals surface area contributed by atoms with Crippen molar-refractivity contribution in [3.63, 3.8) is 0 Å². The molecule has 2 aromatic heterocycles. The molecule has 152 valence electrons. The standard InChI is InChI=1S/C22H21N5O2S/c1-14(2)30(28,29)17-10-8-16(9-11-17)20-13-24-22(23)21(25-20)19-12-18(26-27-19)15-6-4-3-5-7-15/h3-14H,1-2H3,(H2,23,24)(H,26,27). The quantitative estimate of drug-likeness (QED) is 0.506. The number of rotatable bonds is 5. The molecule has 0 fully saturated rings. The van der Waals surface area contributed by atoms with Gasteiger partial charge in [0.25, 0.3) is 0 Å². The van der Waals surface area contributed by atoms with Crippen LogP contribution < -0.4 is 5.73 Å². The summed E-state index contributed by atoms with van der Waals surface area (Å²) in [6.07, 6.45) is 1.57. The van der Waals surface area contributed by atoms with E-state index in [1.54, 1.807) is 44.3 Å². The van der Waals surface area contributed by atoms with Crippen LogP contribution in [0.15, 0.2) is 71.8 Å². The summed E-state index contributed by atoms with van der Waals surface area (Å²) in [5, 5.41) is 6.86. The number of nitrogens with two attached hydrogens (primary N) is 1. The minimum atomic E-state index is -3.33. The normalized spacial score (nSPS) is 11.7. The zero-order valence-electron chi connectivity index (χ0n) is 16.6. The topological polar surface area (TPSA) is 115 Å². The third-order valence-electron chi connectivity index (χ3n) is 4.81. The summed E-state index contributed by atoms with van der Waals surface area (Å²) < 4.78 is 24.7. The molecule has 0 bridgehead atoms. The lowest BCUT2D eigenvalue weighted by atomic mass is 10.1. The van der Waals surface area contributed by atoms with Crippen LogP contribution in [0.25, 0.3) is 33.9 Å². The van der Waals surface area contributed by atoms with Gasteiger partial charge in [0.1, 0.15) is 11.4 Å². The highest BCUT2D eigenvalue weighted by atomic mass is 32.2. The average Bonchev–Trinajstić information content (AvgIpc) is 3.25. The van der Waals surface area contributed by atoms with Gasteiger partial charge < -0.3 is 5.73 Å². The van der Waals surface area contributed by atoms with E-state index < -0.39 is 15.1 Å². The summed E-state index contributed by atoms with van der Waals surface area (Å²) in [6.45, 7) is 3.32. The van der Waals surface area contributed by atoms with Crippen LogP contribution in [0.3, 0.4) is 0 Å². The highest BCUT2D eigenvalue weighted by Gasteiger charge is 2.19. The van der Waals surface area contributed by atoms with Crippen molar-refractivity contribution >= 4 is 15.7 Å². The number of aromatic nitrogens is 4. The van der Waals surface area contributed by atoms with Gasteiger partial charge in [-0.15, -0.1) is 0 Å². The molecule has 7 nitrogen and oxygen atoms in total. The van der Waals surface area contributed by atoms with Crippen LogP contribution in [-0.2, 0) is 9.84 Å². The second kappa shape index (κ2) is 7.72. The smallest absolute Gasteiger partial charge is 0.180 e. The summed E-state index contributed by atoms with van der Waals surface area (Å²) in [5.41, 5.74) is 10.3. The largest absolute Gasteiger partial charge is 0.382 e. The second-order valence-electron chi connectivity index (χ2n) is 7.14. The fourth-order valence-corrected chi connectivity index (χ4v) is 4.08. The van der Waals surface area contributed by atoms with Crippen LogP contribution in [0, 0.1) is 0 Å². The number of nitrogen functional groups attached to an aromatic ring is 1. The molecule has 4 aromatic rings. The van der Waals surface area contributed by atoms with E-state index in [0.29, 0.717) is 17.1 Å². The van der Waals surface area contributed by atoms with Crippen LogP contribution in [0.5, 0.6) is 0 Å². The van der Waals surface area contributed by atoms with Gasteiger partial charge in [0.15, 0.2) is 15.7 Å². The van der Waals surface area contributed by atoms with E-state index in [0.717, 1.165) is 16.8 Å². The van der Waals surface area contributed by atoms with Gasteiger partial charge in [0.05, 0.1) is 27.7 Å². The number of benzene rings is 2. The Labute approximate surface area is 174 Å². The minimum absolute atomic E-state index is 0.267. The van der Waals surface area contributed by atoms with E-state index >= 15 is 0 Å². The minimum Gasteiger partial charge on any atom is -0.382 e. The summed E-state index contributed by atoms with van der Waals surface area (Å²) in [4.78, 5) is 9.17. The lowest BCUT2D eigenvalue weighted by Crippen LogP contribution is -2.13. The van der Waals surface area contributed by atoms with Gasteiger partial charge in [0, 0.05) is 5.56 Å². The fourth-order valence-electron chi connectivity index (χ4n) is 3.02. The van der Waals surface area contributed by atoms with Gasteiger partial charge in [-0.25, -0.2) is 18.4 Å². The van der Waals surface area contributed by atoms with E-state index in [-0.39, 0.29) is 10.7 Å². The van der Waals surface area contributed by atoms with E-state index in [1.165, 1.54) is 0 Å². The van der Waals surface area contributed by atoms with Crippen LogP contribution in [-0.4, -0.2) is 33.8 Å². The molecule has 0 aliphatic heterocycles. The van der Waals surface area contributed by atoms with E-state index in [1.807, 2.05) is 36.4 Å². The Morgan fingerprint density at radius 2 is 1.63 bits per heavy atom. The van der Waals surface area contributed by atoms with Crippen molar-refractivity contribution in [3.8, 4) is 33.9 Å². The Kier molecular flexibility index (Phi) is 5.09. The second-order valence-corrected chi connectivity index (χ2v) is 9.64. The molecule has 4 rings (SSSR count). The molecule has 30 heavy (non-hydrogen) atoms. The number of anilines is 1. The number of nitrogens with one attached hydrogen (secondary N) is 1. The molecule has 8 heteroatoms. The van der Waals surface area contributed by atoms with E-state index in [2.05, 4.69) is 20.2 Å². The molecule has 0 saturated heterocycles. The maximum absolute atomic E-state index is 12.3. The first-order chi connectivity index (χ1) is 14.4. The molecule has 0 saturated carbocycles. The molecule has 0 radical (unpaired) electrons. The van der Waals surface area contributed by atoms with Crippen molar-refractivity contribution in [2.45, 2.75) is 24.0 Å². The highest BCUT2D eigenvalue weighted by molar-refractivity contribution is 7.92. The van der Waals surface area contributed by atoms with Crippen molar-refractivity contribution in [1.82, 2.24) is 20.2 Å². The third-order valence-corrected chi connectivity index (χ3v) is 6.98. The molecule has 0 unspecified atom stereocenters. The molecule has 0 amide bonds. The number of sulfone groups is 1. The van der Waals surface area contributed by atoms with E-state index in [4.69, 9.17) is 5.73 Å². The van der Waals surface area contributed by atoms with Gasteiger partial charge in [-0.2, -0.15) is 5.10 Å². The molecular weight excluding hydrogens is 398 g/mol. The molecule has 0 atom stereocenters. The molecule has 0 aliphatic carbocycles. The first-order valence-electron chi connectivity index (χ1n) is 9.44. The highest BCUT2D eigenvalue weighted by Crippen LogP contribution is 2.28. The summed E-state index contributed by atoms with van der Waals surface area (Å²) in [7, 11) is -3.33. The number of hydrogen-bond donors (Lipinski definition) is 2. The maximum atomic E-state index is 12.3. The van der Waals surface area contributed by atoms with Gasteiger partial charge in [-0.05, 0) is 37.6 Å². The van der Waals surface area contributed by atoms with Crippen molar-refractivity contribution in [1.29, 1.82) is 0 Å². The van der Waals surface area contributed by atoms with Crippen LogP contribution in [0.1, 0.15) is 13.8 Å². The van der Waals surface area contributed by atoms with Crippen LogP contribution >= 0.6 is 0 Å². The van der Waals surface area contributed by atoms with Crippen molar-refractivity contribution < 1.29 is 8.42 Å².